The second-order valence-corrected chi connectivity index (χ2v) is 6.08. The molecule has 0 aliphatic rings. The number of amides is 1. The van der Waals surface area contributed by atoms with Crippen LogP contribution in [0.2, 0.25) is 0 Å². The number of carbonyl (C=O) groups excluding carboxylic acids is 1. The molecule has 0 radical (unpaired) electrons. The van der Waals surface area contributed by atoms with Crippen LogP contribution in [0.3, 0.4) is 0 Å². The maximum atomic E-state index is 12.4. The highest BCUT2D eigenvalue weighted by Crippen LogP contribution is 2.13. The number of benzene rings is 1. The number of aromatic nitrogens is 3. The van der Waals surface area contributed by atoms with E-state index in [0.29, 0.717) is 12.1 Å². The summed E-state index contributed by atoms with van der Waals surface area (Å²) in [7, 11) is 1.79. The van der Waals surface area contributed by atoms with Crippen molar-refractivity contribution in [2.45, 2.75) is 13.5 Å². The van der Waals surface area contributed by atoms with E-state index in [1.54, 1.807) is 34.2 Å². The van der Waals surface area contributed by atoms with Gasteiger partial charge in [-0.25, -0.2) is 9.67 Å². The Labute approximate surface area is 132 Å². The smallest absolute Gasteiger partial charge is 0.253 e. The summed E-state index contributed by atoms with van der Waals surface area (Å²) in [5.41, 5.74) is 2.51. The molecule has 2 aromatic heterocycles. The molecule has 0 bridgehead atoms. The molecule has 0 aliphatic heterocycles. The molecule has 0 unspecified atom stereocenters. The van der Waals surface area contributed by atoms with Crippen LogP contribution in [-0.2, 0) is 6.54 Å². The largest absolute Gasteiger partial charge is 0.336 e. The van der Waals surface area contributed by atoms with Crippen molar-refractivity contribution < 1.29 is 4.79 Å². The summed E-state index contributed by atoms with van der Waals surface area (Å²) in [6.45, 7) is 2.48. The molecule has 5 nitrogen and oxygen atoms in total. The number of thiazole rings is 1. The first-order valence-electron chi connectivity index (χ1n) is 6.90. The molecular formula is C16H16N4OS. The molecule has 0 fully saturated rings. The molecule has 1 aromatic carbocycles. The van der Waals surface area contributed by atoms with Gasteiger partial charge >= 0.3 is 0 Å². The van der Waals surface area contributed by atoms with Gasteiger partial charge in [0.25, 0.3) is 5.91 Å². The van der Waals surface area contributed by atoms with E-state index in [2.05, 4.69) is 10.1 Å². The molecule has 0 N–H and O–H groups in total. The van der Waals surface area contributed by atoms with Crippen molar-refractivity contribution in [3.63, 3.8) is 0 Å². The third-order valence-electron chi connectivity index (χ3n) is 3.30. The van der Waals surface area contributed by atoms with Gasteiger partial charge in [-0.05, 0) is 37.3 Å². The zero-order valence-corrected chi connectivity index (χ0v) is 13.2. The maximum absolute atomic E-state index is 12.4. The van der Waals surface area contributed by atoms with Gasteiger partial charge < -0.3 is 4.90 Å². The Morgan fingerprint density at radius 2 is 2.09 bits per heavy atom. The fourth-order valence-electron chi connectivity index (χ4n) is 2.19. The van der Waals surface area contributed by atoms with Crippen LogP contribution in [0.5, 0.6) is 0 Å². The minimum absolute atomic E-state index is 0.0160. The molecule has 0 saturated carbocycles. The van der Waals surface area contributed by atoms with Gasteiger partial charge in [-0.15, -0.1) is 11.3 Å². The third-order valence-corrected chi connectivity index (χ3v) is 4.12. The lowest BCUT2D eigenvalue weighted by Crippen LogP contribution is -2.26. The van der Waals surface area contributed by atoms with Crippen molar-refractivity contribution in [1.82, 2.24) is 19.7 Å². The number of rotatable bonds is 4. The van der Waals surface area contributed by atoms with Crippen LogP contribution in [0.15, 0.2) is 48.1 Å². The van der Waals surface area contributed by atoms with E-state index >= 15 is 0 Å². The molecular weight excluding hydrogens is 296 g/mol. The second kappa shape index (κ2) is 6.11. The van der Waals surface area contributed by atoms with Gasteiger partial charge in [0.1, 0.15) is 0 Å². The maximum Gasteiger partial charge on any atom is 0.253 e. The van der Waals surface area contributed by atoms with Crippen molar-refractivity contribution in [1.29, 1.82) is 0 Å². The summed E-state index contributed by atoms with van der Waals surface area (Å²) in [5.74, 6) is -0.0160. The van der Waals surface area contributed by atoms with Crippen LogP contribution >= 0.6 is 11.3 Å². The molecule has 1 amide bonds. The van der Waals surface area contributed by atoms with E-state index in [4.69, 9.17) is 0 Å². The summed E-state index contributed by atoms with van der Waals surface area (Å²) < 4.78 is 1.76. The topological polar surface area (TPSA) is 51.0 Å². The fraction of sp³-hybridized carbons (Fsp3) is 0.188. The number of hydrogen-bond donors (Lipinski definition) is 0. The Bertz CT molecular complexity index is 762. The van der Waals surface area contributed by atoms with Gasteiger partial charge in [-0.1, -0.05) is 0 Å². The minimum atomic E-state index is -0.0160. The molecule has 2 heterocycles. The molecule has 0 saturated heterocycles. The molecule has 0 spiro atoms. The standard InChI is InChI=1S/C16H16N4OS/c1-12-18-14(11-22-12)10-19(2)16(21)13-4-6-15(7-5-13)20-9-3-8-17-20/h3-9,11H,10H2,1-2H3. The summed E-state index contributed by atoms with van der Waals surface area (Å²) in [4.78, 5) is 18.5. The molecule has 0 aliphatic carbocycles. The summed E-state index contributed by atoms with van der Waals surface area (Å²) in [6.07, 6.45) is 3.59. The van der Waals surface area contributed by atoms with Crippen LogP contribution in [0, 0.1) is 6.92 Å². The summed E-state index contributed by atoms with van der Waals surface area (Å²) in [6, 6.07) is 9.29. The third kappa shape index (κ3) is 3.07. The highest BCUT2D eigenvalue weighted by molar-refractivity contribution is 7.09. The van der Waals surface area contributed by atoms with Gasteiger partial charge in [0, 0.05) is 30.4 Å². The lowest BCUT2D eigenvalue weighted by molar-refractivity contribution is 0.0783. The van der Waals surface area contributed by atoms with Crippen LogP contribution in [0.1, 0.15) is 21.1 Å². The van der Waals surface area contributed by atoms with Crippen LogP contribution in [0.4, 0.5) is 0 Å². The first-order valence-corrected chi connectivity index (χ1v) is 7.78. The van der Waals surface area contributed by atoms with E-state index in [1.807, 2.05) is 48.8 Å². The Balaban J connectivity index is 1.71. The van der Waals surface area contributed by atoms with Crippen LogP contribution < -0.4 is 0 Å². The highest BCUT2D eigenvalue weighted by atomic mass is 32.1. The lowest BCUT2D eigenvalue weighted by Gasteiger charge is -2.16. The van der Waals surface area contributed by atoms with Gasteiger partial charge in [0.2, 0.25) is 0 Å². The van der Waals surface area contributed by atoms with E-state index < -0.39 is 0 Å². The van der Waals surface area contributed by atoms with E-state index in [9.17, 15) is 4.79 Å². The first kappa shape index (κ1) is 14.5. The van der Waals surface area contributed by atoms with Crippen molar-refractivity contribution in [2.24, 2.45) is 0 Å². The molecule has 22 heavy (non-hydrogen) atoms. The van der Waals surface area contributed by atoms with E-state index in [1.165, 1.54) is 0 Å². The van der Waals surface area contributed by atoms with Gasteiger partial charge in [-0.3, -0.25) is 4.79 Å². The number of nitrogens with zero attached hydrogens (tertiary/aromatic N) is 4. The predicted molar refractivity (Wildman–Crippen MR) is 86.2 cm³/mol. The number of carbonyl (C=O) groups is 1. The molecule has 0 atom stereocenters. The number of aryl methyl sites for hydroxylation is 1. The monoisotopic (exact) mass is 312 g/mol. The predicted octanol–water partition coefficient (Wildman–Crippen LogP) is 2.91. The Morgan fingerprint density at radius 3 is 2.68 bits per heavy atom. The van der Waals surface area contributed by atoms with Crippen molar-refractivity contribution in [2.75, 3.05) is 7.05 Å². The Hall–Kier alpha value is -2.47. The quantitative estimate of drug-likeness (QED) is 0.744. The van der Waals surface area contributed by atoms with E-state index in [-0.39, 0.29) is 5.91 Å². The average Bonchev–Trinajstić information content (AvgIpc) is 3.18. The number of hydrogen-bond acceptors (Lipinski definition) is 4. The van der Waals surface area contributed by atoms with Crippen molar-refractivity contribution >= 4 is 17.2 Å². The summed E-state index contributed by atoms with van der Waals surface area (Å²) >= 11 is 1.60. The zero-order valence-electron chi connectivity index (χ0n) is 12.4. The van der Waals surface area contributed by atoms with Gasteiger partial charge in [-0.2, -0.15) is 5.10 Å². The molecule has 112 valence electrons. The lowest BCUT2D eigenvalue weighted by atomic mass is 10.2. The Morgan fingerprint density at radius 1 is 1.32 bits per heavy atom. The fourth-order valence-corrected chi connectivity index (χ4v) is 2.80. The normalized spacial score (nSPS) is 10.6. The second-order valence-electron chi connectivity index (χ2n) is 5.02. The molecule has 3 rings (SSSR count). The first-order chi connectivity index (χ1) is 10.6. The van der Waals surface area contributed by atoms with Gasteiger partial charge in [0.15, 0.2) is 0 Å². The van der Waals surface area contributed by atoms with E-state index in [0.717, 1.165) is 16.4 Å². The Kier molecular flexibility index (Phi) is 4.02. The minimum Gasteiger partial charge on any atom is -0.336 e. The van der Waals surface area contributed by atoms with Crippen LogP contribution in [0.25, 0.3) is 5.69 Å². The highest BCUT2D eigenvalue weighted by Gasteiger charge is 2.13. The molecule has 3 aromatic rings. The zero-order chi connectivity index (χ0) is 15.5. The molecule has 6 heteroatoms. The average molecular weight is 312 g/mol. The van der Waals surface area contributed by atoms with Gasteiger partial charge in [0.05, 0.1) is 22.9 Å². The van der Waals surface area contributed by atoms with Crippen molar-refractivity contribution in [3.05, 3.63) is 64.4 Å². The summed E-state index contributed by atoms with van der Waals surface area (Å²) in [5, 5.41) is 7.17. The van der Waals surface area contributed by atoms with Crippen LogP contribution in [-0.4, -0.2) is 32.6 Å². The van der Waals surface area contributed by atoms with Crippen molar-refractivity contribution in [3.8, 4) is 5.69 Å². The SMILES string of the molecule is Cc1nc(CN(C)C(=O)c2ccc(-n3cccn3)cc2)cs1.